The molecule has 29 heavy (non-hydrogen) atoms. The molecule has 2 aromatic carbocycles. The lowest BCUT2D eigenvalue weighted by atomic mass is 10.1. The highest BCUT2D eigenvalue weighted by Gasteiger charge is 2.16. The molecule has 8 heteroatoms. The van der Waals surface area contributed by atoms with Crippen LogP contribution in [0.3, 0.4) is 0 Å². The smallest absolute Gasteiger partial charge is 0.337 e. The number of carbonyl (C=O) groups is 2. The van der Waals surface area contributed by atoms with Gasteiger partial charge in [-0.15, -0.1) is 16.8 Å². The molecule has 0 unspecified atom stereocenters. The lowest BCUT2D eigenvalue weighted by molar-refractivity contribution is -0.113. The molecule has 148 valence electrons. The van der Waals surface area contributed by atoms with Crippen molar-refractivity contribution in [2.45, 2.75) is 11.7 Å². The molecule has 0 saturated carbocycles. The van der Waals surface area contributed by atoms with E-state index in [2.05, 4.69) is 22.1 Å². The van der Waals surface area contributed by atoms with Crippen LogP contribution in [0.4, 0.5) is 5.69 Å². The van der Waals surface area contributed by atoms with Crippen molar-refractivity contribution in [1.82, 2.24) is 14.8 Å². The second kappa shape index (κ2) is 9.70. The summed E-state index contributed by atoms with van der Waals surface area (Å²) >= 11 is 1.30. The fourth-order valence-electron chi connectivity index (χ4n) is 2.62. The molecular formula is C21H20N4O3S. The molecule has 0 aliphatic heterocycles. The van der Waals surface area contributed by atoms with Crippen molar-refractivity contribution in [2.24, 2.45) is 0 Å². The number of carbonyl (C=O) groups excluding carboxylic acids is 2. The predicted molar refractivity (Wildman–Crippen MR) is 113 cm³/mol. The van der Waals surface area contributed by atoms with Gasteiger partial charge in [-0.3, -0.25) is 9.36 Å². The van der Waals surface area contributed by atoms with Crippen LogP contribution < -0.4 is 5.32 Å². The van der Waals surface area contributed by atoms with E-state index in [9.17, 15) is 9.59 Å². The number of anilines is 1. The molecule has 0 aliphatic rings. The van der Waals surface area contributed by atoms with Crippen LogP contribution in [0.2, 0.25) is 0 Å². The van der Waals surface area contributed by atoms with Crippen molar-refractivity contribution in [1.29, 1.82) is 0 Å². The maximum absolute atomic E-state index is 12.2. The summed E-state index contributed by atoms with van der Waals surface area (Å²) in [7, 11) is 1.34. The number of nitrogens with zero attached hydrogens (tertiary/aromatic N) is 3. The standard InChI is InChI=1S/C21H20N4O3S/c1-3-13-25-19(15-9-11-16(12-10-15)20(27)28-2)23-24-21(25)29-14-18(26)22-17-7-5-4-6-8-17/h3-12H,1,13-14H2,2H3,(H,22,26). The van der Waals surface area contributed by atoms with Crippen molar-refractivity contribution < 1.29 is 14.3 Å². The Bertz CT molecular complexity index is 1000. The minimum absolute atomic E-state index is 0.127. The molecule has 0 atom stereocenters. The number of esters is 1. The lowest BCUT2D eigenvalue weighted by Crippen LogP contribution is -2.14. The molecule has 0 saturated heterocycles. The number of para-hydroxylation sites is 1. The van der Waals surface area contributed by atoms with E-state index in [-0.39, 0.29) is 11.7 Å². The molecule has 3 aromatic rings. The number of hydrogen-bond acceptors (Lipinski definition) is 6. The first kappa shape index (κ1) is 20.3. The normalized spacial score (nSPS) is 10.4. The summed E-state index contributed by atoms with van der Waals surface area (Å²) in [6.45, 7) is 4.27. The third kappa shape index (κ3) is 5.11. The van der Waals surface area contributed by atoms with Gasteiger partial charge in [-0.05, 0) is 24.3 Å². The average molecular weight is 408 g/mol. The first-order valence-electron chi connectivity index (χ1n) is 8.83. The molecule has 1 N–H and O–H groups in total. The lowest BCUT2D eigenvalue weighted by Gasteiger charge is -2.08. The molecule has 0 aliphatic carbocycles. The Balaban J connectivity index is 1.73. The summed E-state index contributed by atoms with van der Waals surface area (Å²) in [6, 6.07) is 16.2. The first-order valence-corrected chi connectivity index (χ1v) is 9.81. The number of hydrogen-bond donors (Lipinski definition) is 1. The third-order valence-corrected chi connectivity index (χ3v) is 4.95. The number of rotatable bonds is 8. The van der Waals surface area contributed by atoms with Gasteiger partial charge in [-0.25, -0.2) is 4.79 Å². The number of allylic oxidation sites excluding steroid dienone is 1. The quantitative estimate of drug-likeness (QED) is 0.348. The summed E-state index contributed by atoms with van der Waals surface area (Å²) in [6.07, 6.45) is 1.74. The van der Waals surface area contributed by atoms with Crippen LogP contribution in [0.25, 0.3) is 11.4 Å². The van der Waals surface area contributed by atoms with Gasteiger partial charge < -0.3 is 10.1 Å². The maximum atomic E-state index is 12.2. The topological polar surface area (TPSA) is 86.1 Å². The summed E-state index contributed by atoms with van der Waals surface area (Å²) in [5, 5.41) is 11.9. The number of thioether (sulfide) groups is 1. The van der Waals surface area contributed by atoms with Gasteiger partial charge in [0.1, 0.15) is 0 Å². The van der Waals surface area contributed by atoms with Gasteiger partial charge >= 0.3 is 5.97 Å². The van der Waals surface area contributed by atoms with E-state index >= 15 is 0 Å². The Labute approximate surface area is 172 Å². The van der Waals surface area contributed by atoms with E-state index in [1.807, 2.05) is 34.9 Å². The third-order valence-electron chi connectivity index (χ3n) is 3.98. The SMILES string of the molecule is C=CCn1c(SCC(=O)Nc2ccccc2)nnc1-c1ccc(C(=O)OC)cc1. The zero-order valence-electron chi connectivity index (χ0n) is 15.9. The van der Waals surface area contributed by atoms with Crippen molar-refractivity contribution in [3.05, 3.63) is 72.8 Å². The number of methoxy groups -OCH3 is 1. The fraction of sp³-hybridized carbons (Fsp3) is 0.143. The van der Waals surface area contributed by atoms with E-state index in [4.69, 9.17) is 4.74 Å². The molecule has 1 heterocycles. The van der Waals surface area contributed by atoms with Gasteiger partial charge in [0.25, 0.3) is 0 Å². The van der Waals surface area contributed by atoms with Gasteiger partial charge in [-0.1, -0.05) is 48.2 Å². The molecule has 0 spiro atoms. The molecule has 0 radical (unpaired) electrons. The van der Waals surface area contributed by atoms with Crippen LogP contribution >= 0.6 is 11.8 Å². The summed E-state index contributed by atoms with van der Waals surface area (Å²) < 4.78 is 6.59. The van der Waals surface area contributed by atoms with Crippen molar-refractivity contribution >= 4 is 29.3 Å². The number of amides is 1. The molecule has 1 aromatic heterocycles. The van der Waals surface area contributed by atoms with Crippen molar-refractivity contribution in [3.8, 4) is 11.4 Å². The van der Waals surface area contributed by atoms with Crippen molar-refractivity contribution in [3.63, 3.8) is 0 Å². The van der Waals surface area contributed by atoms with Gasteiger partial charge in [-0.2, -0.15) is 0 Å². The highest BCUT2D eigenvalue weighted by Crippen LogP contribution is 2.25. The van der Waals surface area contributed by atoms with Crippen LogP contribution in [0.5, 0.6) is 0 Å². The molecule has 1 amide bonds. The zero-order chi connectivity index (χ0) is 20.6. The second-order valence-corrected chi connectivity index (χ2v) is 6.92. The van der Waals surface area contributed by atoms with Crippen LogP contribution in [0.15, 0.2) is 72.4 Å². The Hall–Kier alpha value is -3.39. The molecule has 3 rings (SSSR count). The van der Waals surface area contributed by atoms with E-state index < -0.39 is 5.97 Å². The number of benzene rings is 2. The Kier molecular flexibility index (Phi) is 6.80. The van der Waals surface area contributed by atoms with Gasteiger partial charge in [0, 0.05) is 17.8 Å². The van der Waals surface area contributed by atoms with E-state index in [0.29, 0.717) is 23.1 Å². The van der Waals surface area contributed by atoms with Gasteiger partial charge in [0.05, 0.1) is 18.4 Å². The minimum atomic E-state index is -0.398. The van der Waals surface area contributed by atoms with E-state index in [1.54, 1.807) is 30.3 Å². The van der Waals surface area contributed by atoms with E-state index in [1.165, 1.54) is 18.9 Å². The molecule has 0 fully saturated rings. The predicted octanol–water partition coefficient (Wildman–Crippen LogP) is 3.65. The first-order chi connectivity index (χ1) is 14.1. The molecular weight excluding hydrogens is 388 g/mol. The Morgan fingerprint density at radius 2 is 1.86 bits per heavy atom. The van der Waals surface area contributed by atoms with Gasteiger partial charge in [0.2, 0.25) is 5.91 Å². The van der Waals surface area contributed by atoms with Crippen LogP contribution in [0, 0.1) is 0 Å². The van der Waals surface area contributed by atoms with E-state index in [0.717, 1.165) is 11.3 Å². The number of nitrogens with one attached hydrogen (secondary N) is 1. The largest absolute Gasteiger partial charge is 0.465 e. The second-order valence-electron chi connectivity index (χ2n) is 5.98. The molecule has 0 bridgehead atoms. The monoisotopic (exact) mass is 408 g/mol. The highest BCUT2D eigenvalue weighted by molar-refractivity contribution is 7.99. The van der Waals surface area contributed by atoms with Crippen LogP contribution in [0.1, 0.15) is 10.4 Å². The highest BCUT2D eigenvalue weighted by atomic mass is 32.2. The summed E-state index contributed by atoms with van der Waals surface area (Å²) in [5.41, 5.74) is 2.00. The molecule has 7 nitrogen and oxygen atoms in total. The summed E-state index contributed by atoms with van der Waals surface area (Å²) in [4.78, 5) is 23.8. The average Bonchev–Trinajstić information content (AvgIpc) is 3.15. The van der Waals surface area contributed by atoms with Crippen LogP contribution in [-0.4, -0.2) is 39.5 Å². The Morgan fingerprint density at radius 3 is 2.52 bits per heavy atom. The van der Waals surface area contributed by atoms with Crippen LogP contribution in [-0.2, 0) is 16.1 Å². The Morgan fingerprint density at radius 1 is 1.14 bits per heavy atom. The number of aromatic nitrogens is 3. The maximum Gasteiger partial charge on any atom is 0.337 e. The fourth-order valence-corrected chi connectivity index (χ4v) is 3.37. The van der Waals surface area contributed by atoms with Gasteiger partial charge in [0.15, 0.2) is 11.0 Å². The minimum Gasteiger partial charge on any atom is -0.465 e. The van der Waals surface area contributed by atoms with Crippen molar-refractivity contribution in [2.75, 3.05) is 18.2 Å². The summed E-state index contributed by atoms with van der Waals surface area (Å²) in [5.74, 6) is 0.307. The number of ether oxygens (including phenoxy) is 1. The zero-order valence-corrected chi connectivity index (χ0v) is 16.7.